The predicted molar refractivity (Wildman–Crippen MR) is 136 cm³/mol. The van der Waals surface area contributed by atoms with E-state index in [1.807, 2.05) is 36.4 Å². The van der Waals surface area contributed by atoms with E-state index in [4.69, 9.17) is 9.47 Å². The molecule has 0 radical (unpaired) electrons. The lowest BCUT2D eigenvalue weighted by atomic mass is 10.1. The molecule has 1 aliphatic rings. The molecule has 0 bridgehead atoms. The molecular formula is C26H29N7O2. The van der Waals surface area contributed by atoms with Crippen LogP contribution in [-0.4, -0.2) is 78.2 Å². The first kappa shape index (κ1) is 22.9. The molecule has 0 unspecified atom stereocenters. The van der Waals surface area contributed by atoms with Crippen LogP contribution >= 0.6 is 0 Å². The molecule has 2 N–H and O–H groups in total. The Kier molecular flexibility index (Phi) is 6.66. The largest absolute Gasteiger partial charge is 0.493 e. The van der Waals surface area contributed by atoms with Crippen LogP contribution in [0.3, 0.4) is 0 Å². The molecule has 0 spiro atoms. The number of piperazine rings is 1. The molecule has 1 saturated heterocycles. The third-order valence-corrected chi connectivity index (χ3v) is 6.38. The zero-order valence-electron chi connectivity index (χ0n) is 20.0. The van der Waals surface area contributed by atoms with Crippen LogP contribution < -0.4 is 14.8 Å². The number of H-pyrrole nitrogens is 1. The predicted octanol–water partition coefficient (Wildman–Crippen LogP) is 3.75. The highest BCUT2D eigenvalue weighted by atomic mass is 16.5. The van der Waals surface area contributed by atoms with E-state index < -0.39 is 0 Å². The van der Waals surface area contributed by atoms with E-state index in [0.717, 1.165) is 55.6 Å². The molecule has 180 valence electrons. The van der Waals surface area contributed by atoms with E-state index in [2.05, 4.69) is 43.2 Å². The number of rotatable bonds is 8. The van der Waals surface area contributed by atoms with Crippen molar-refractivity contribution >= 4 is 33.6 Å². The van der Waals surface area contributed by atoms with Crippen molar-refractivity contribution in [3.63, 3.8) is 0 Å². The van der Waals surface area contributed by atoms with Gasteiger partial charge in [0.2, 0.25) is 5.95 Å². The Balaban J connectivity index is 1.36. The van der Waals surface area contributed by atoms with Crippen molar-refractivity contribution in [2.45, 2.75) is 6.42 Å². The standard InChI is InChI=1S/C26H29N7O2/c1-32-9-11-33(12-10-32)8-5-13-35-24-15-22-19(14-23(24)34-2)25(18(16-27)17-28-22)31-26-29-20-6-3-4-7-21(20)30-26/h3-4,6-7,14-15,17H,5,8-13H2,1-2H3,(H2,28,29,30,31). The lowest BCUT2D eigenvalue weighted by Gasteiger charge is -2.32. The smallest absolute Gasteiger partial charge is 0.205 e. The minimum absolute atomic E-state index is 0.417. The van der Waals surface area contributed by atoms with Gasteiger partial charge in [0.05, 0.1) is 41.5 Å². The van der Waals surface area contributed by atoms with Gasteiger partial charge in [0.15, 0.2) is 11.5 Å². The maximum absolute atomic E-state index is 9.72. The number of methoxy groups -OCH3 is 1. The van der Waals surface area contributed by atoms with Gasteiger partial charge >= 0.3 is 0 Å². The molecular weight excluding hydrogens is 442 g/mol. The quantitative estimate of drug-likeness (QED) is 0.375. The number of aromatic amines is 1. The molecule has 2 aromatic carbocycles. The summed E-state index contributed by atoms with van der Waals surface area (Å²) in [5.41, 5.74) is 3.50. The molecule has 35 heavy (non-hydrogen) atoms. The summed E-state index contributed by atoms with van der Waals surface area (Å²) in [6, 6.07) is 13.7. The van der Waals surface area contributed by atoms with Crippen LogP contribution in [-0.2, 0) is 0 Å². The number of hydrogen-bond acceptors (Lipinski definition) is 8. The van der Waals surface area contributed by atoms with Crippen LogP contribution in [0.15, 0.2) is 42.6 Å². The van der Waals surface area contributed by atoms with Crippen LogP contribution in [0.25, 0.3) is 21.9 Å². The highest BCUT2D eigenvalue weighted by molar-refractivity contribution is 5.97. The Morgan fingerprint density at radius 3 is 2.71 bits per heavy atom. The Bertz CT molecular complexity index is 1340. The highest BCUT2D eigenvalue weighted by Crippen LogP contribution is 2.37. The SMILES string of the molecule is COc1cc2c(Nc3nc4ccccc4[nH]3)c(C#N)cnc2cc1OCCCN1CCN(C)CC1. The monoisotopic (exact) mass is 471 g/mol. The topological polar surface area (TPSA) is 102 Å². The van der Waals surface area contributed by atoms with Gasteiger partial charge in [-0.2, -0.15) is 5.26 Å². The number of benzene rings is 2. The summed E-state index contributed by atoms with van der Waals surface area (Å²) >= 11 is 0. The van der Waals surface area contributed by atoms with Crippen molar-refractivity contribution in [3.8, 4) is 17.6 Å². The van der Waals surface area contributed by atoms with E-state index in [1.165, 1.54) is 0 Å². The van der Waals surface area contributed by atoms with Crippen molar-refractivity contribution in [1.82, 2.24) is 24.8 Å². The molecule has 4 aromatic rings. The number of hydrogen-bond donors (Lipinski definition) is 2. The van der Waals surface area contributed by atoms with Gasteiger partial charge in [0.1, 0.15) is 6.07 Å². The zero-order chi connectivity index (χ0) is 24.2. The molecule has 0 atom stereocenters. The van der Waals surface area contributed by atoms with E-state index >= 15 is 0 Å². The minimum atomic E-state index is 0.417. The van der Waals surface area contributed by atoms with Crippen molar-refractivity contribution in [1.29, 1.82) is 5.26 Å². The van der Waals surface area contributed by atoms with Gasteiger partial charge in [-0.1, -0.05) is 12.1 Å². The number of nitriles is 1. The Morgan fingerprint density at radius 1 is 1.11 bits per heavy atom. The second kappa shape index (κ2) is 10.2. The fourth-order valence-electron chi connectivity index (χ4n) is 4.36. The lowest BCUT2D eigenvalue weighted by Crippen LogP contribution is -2.44. The van der Waals surface area contributed by atoms with Gasteiger partial charge in [-0.25, -0.2) is 4.98 Å². The van der Waals surface area contributed by atoms with Gasteiger partial charge in [-0.15, -0.1) is 0 Å². The number of nitrogens with zero attached hydrogens (tertiary/aromatic N) is 5. The molecule has 5 rings (SSSR count). The van der Waals surface area contributed by atoms with Crippen LogP contribution in [0.1, 0.15) is 12.0 Å². The van der Waals surface area contributed by atoms with E-state index in [9.17, 15) is 5.26 Å². The highest BCUT2D eigenvalue weighted by Gasteiger charge is 2.17. The molecule has 2 aromatic heterocycles. The van der Waals surface area contributed by atoms with Crippen LogP contribution in [0.5, 0.6) is 11.5 Å². The number of ether oxygens (including phenoxy) is 2. The van der Waals surface area contributed by atoms with Crippen LogP contribution in [0.2, 0.25) is 0 Å². The van der Waals surface area contributed by atoms with E-state index in [-0.39, 0.29) is 0 Å². The summed E-state index contributed by atoms with van der Waals surface area (Å²) in [6.45, 7) is 6.03. The molecule has 1 aliphatic heterocycles. The first-order valence-electron chi connectivity index (χ1n) is 11.8. The van der Waals surface area contributed by atoms with Gasteiger partial charge in [0.25, 0.3) is 0 Å². The lowest BCUT2D eigenvalue weighted by molar-refractivity contribution is 0.145. The maximum Gasteiger partial charge on any atom is 0.205 e. The second-order valence-electron chi connectivity index (χ2n) is 8.75. The van der Waals surface area contributed by atoms with Crippen molar-refractivity contribution < 1.29 is 9.47 Å². The maximum atomic E-state index is 9.72. The number of aromatic nitrogens is 3. The fourth-order valence-corrected chi connectivity index (χ4v) is 4.36. The van der Waals surface area contributed by atoms with Gasteiger partial charge in [-0.3, -0.25) is 4.98 Å². The van der Waals surface area contributed by atoms with E-state index in [1.54, 1.807) is 13.3 Å². The minimum Gasteiger partial charge on any atom is -0.493 e. The summed E-state index contributed by atoms with van der Waals surface area (Å²) in [6.07, 6.45) is 2.50. The summed E-state index contributed by atoms with van der Waals surface area (Å²) in [5.74, 6) is 1.80. The van der Waals surface area contributed by atoms with E-state index in [0.29, 0.717) is 40.8 Å². The number of pyridine rings is 1. The molecule has 9 heteroatoms. The van der Waals surface area contributed by atoms with Crippen molar-refractivity contribution in [2.75, 3.05) is 58.8 Å². The molecule has 0 saturated carbocycles. The van der Waals surface area contributed by atoms with Crippen molar-refractivity contribution in [3.05, 3.63) is 48.2 Å². The second-order valence-corrected chi connectivity index (χ2v) is 8.75. The Morgan fingerprint density at radius 2 is 1.94 bits per heavy atom. The Labute approximate surface area is 204 Å². The fraction of sp³-hybridized carbons (Fsp3) is 0.346. The third-order valence-electron chi connectivity index (χ3n) is 6.38. The van der Waals surface area contributed by atoms with Gasteiger partial charge in [0, 0.05) is 50.4 Å². The van der Waals surface area contributed by atoms with Crippen molar-refractivity contribution in [2.24, 2.45) is 0 Å². The Hall–Kier alpha value is -3.87. The molecule has 0 aliphatic carbocycles. The third kappa shape index (κ3) is 4.99. The summed E-state index contributed by atoms with van der Waals surface area (Å²) in [4.78, 5) is 17.2. The normalized spacial score (nSPS) is 14.8. The number of likely N-dealkylation sites (N-methyl/N-ethyl adjacent to an activating group) is 1. The summed E-state index contributed by atoms with van der Waals surface area (Å²) in [5, 5.41) is 13.8. The molecule has 0 amide bonds. The number of fused-ring (bicyclic) bond motifs is 2. The first-order valence-corrected chi connectivity index (χ1v) is 11.8. The summed E-state index contributed by atoms with van der Waals surface area (Å²) in [7, 11) is 3.78. The first-order chi connectivity index (χ1) is 17.1. The number of anilines is 2. The van der Waals surface area contributed by atoms with Gasteiger partial charge < -0.3 is 29.6 Å². The van der Waals surface area contributed by atoms with Crippen LogP contribution in [0.4, 0.5) is 11.6 Å². The molecule has 3 heterocycles. The average Bonchev–Trinajstić information content (AvgIpc) is 3.30. The summed E-state index contributed by atoms with van der Waals surface area (Å²) < 4.78 is 11.7. The number of imidazole rings is 1. The molecule has 9 nitrogen and oxygen atoms in total. The number of para-hydroxylation sites is 2. The van der Waals surface area contributed by atoms with Crippen LogP contribution in [0, 0.1) is 11.3 Å². The number of nitrogens with one attached hydrogen (secondary N) is 2. The average molecular weight is 472 g/mol. The molecule has 1 fully saturated rings. The zero-order valence-corrected chi connectivity index (χ0v) is 20.0. The van der Waals surface area contributed by atoms with Gasteiger partial charge in [-0.05, 0) is 31.7 Å².